The number of nitrogens with one attached hydrogen (secondary N) is 2. The molecule has 0 radical (unpaired) electrons. The van der Waals surface area contributed by atoms with Crippen molar-refractivity contribution in [1.29, 1.82) is 0 Å². The Morgan fingerprint density at radius 1 is 1.24 bits per heavy atom. The second-order valence-corrected chi connectivity index (χ2v) is 6.33. The van der Waals surface area contributed by atoms with Crippen molar-refractivity contribution in [2.45, 2.75) is 46.6 Å². The number of aromatic nitrogens is 3. The van der Waals surface area contributed by atoms with Crippen LogP contribution in [-0.2, 0) is 6.42 Å². The summed E-state index contributed by atoms with van der Waals surface area (Å²) < 4.78 is 0. The van der Waals surface area contributed by atoms with Crippen LogP contribution in [0.4, 0.5) is 11.6 Å². The van der Waals surface area contributed by atoms with Crippen LogP contribution >= 0.6 is 11.3 Å². The van der Waals surface area contributed by atoms with E-state index in [1.54, 1.807) is 17.7 Å². The van der Waals surface area contributed by atoms with Crippen molar-refractivity contribution in [2.75, 3.05) is 17.7 Å². The Balaban J connectivity index is 2.28. The molecule has 1 atom stereocenters. The van der Waals surface area contributed by atoms with Gasteiger partial charge in [-0.15, -0.1) is 11.3 Å². The highest BCUT2D eigenvalue weighted by Gasteiger charge is 2.16. The highest BCUT2D eigenvalue weighted by molar-refractivity contribution is 7.11. The summed E-state index contributed by atoms with van der Waals surface area (Å²) in [5, 5.41) is 7.77. The standard InChI is InChI=1S/C15H23N5S/c1-6-7-12-14(16-5)17-8-18-15(12)20-10(3)13-9(2)19-11(4)21-13/h8,10H,6-7H2,1-5H3,(H2,16,17,18,20). The van der Waals surface area contributed by atoms with Crippen LogP contribution in [0.1, 0.15) is 47.5 Å². The minimum Gasteiger partial charge on any atom is -0.373 e. The zero-order valence-corrected chi connectivity index (χ0v) is 14.1. The van der Waals surface area contributed by atoms with Gasteiger partial charge in [-0.1, -0.05) is 13.3 Å². The number of aryl methyl sites for hydroxylation is 2. The summed E-state index contributed by atoms with van der Waals surface area (Å²) in [6, 6.07) is 0.186. The van der Waals surface area contributed by atoms with Gasteiger partial charge in [0.25, 0.3) is 0 Å². The Morgan fingerprint density at radius 2 is 1.95 bits per heavy atom. The molecule has 0 spiro atoms. The smallest absolute Gasteiger partial charge is 0.135 e. The molecule has 0 aliphatic rings. The zero-order valence-electron chi connectivity index (χ0n) is 13.3. The Morgan fingerprint density at radius 3 is 2.52 bits per heavy atom. The lowest BCUT2D eigenvalue weighted by molar-refractivity contribution is 0.851. The quantitative estimate of drug-likeness (QED) is 0.851. The number of nitrogens with zero attached hydrogens (tertiary/aromatic N) is 3. The van der Waals surface area contributed by atoms with Gasteiger partial charge in [-0.25, -0.2) is 15.0 Å². The van der Waals surface area contributed by atoms with E-state index >= 15 is 0 Å². The minimum absolute atomic E-state index is 0.186. The van der Waals surface area contributed by atoms with Crippen LogP contribution in [0.2, 0.25) is 0 Å². The molecular weight excluding hydrogens is 282 g/mol. The number of rotatable bonds is 6. The third-order valence-corrected chi connectivity index (χ3v) is 4.62. The van der Waals surface area contributed by atoms with E-state index in [2.05, 4.69) is 46.4 Å². The molecule has 0 aromatic carbocycles. The van der Waals surface area contributed by atoms with Gasteiger partial charge in [0.05, 0.1) is 16.7 Å². The Hall–Kier alpha value is -1.69. The molecule has 0 bridgehead atoms. The van der Waals surface area contributed by atoms with E-state index < -0.39 is 0 Å². The van der Waals surface area contributed by atoms with E-state index in [-0.39, 0.29) is 6.04 Å². The summed E-state index contributed by atoms with van der Waals surface area (Å²) in [6.45, 7) is 8.41. The van der Waals surface area contributed by atoms with Crippen LogP contribution in [0.15, 0.2) is 6.33 Å². The first kappa shape index (κ1) is 15.7. The fraction of sp³-hybridized carbons (Fsp3) is 0.533. The number of thiazole rings is 1. The van der Waals surface area contributed by atoms with Gasteiger partial charge in [-0.2, -0.15) is 0 Å². The van der Waals surface area contributed by atoms with E-state index in [0.29, 0.717) is 0 Å². The van der Waals surface area contributed by atoms with Crippen molar-refractivity contribution in [3.05, 3.63) is 27.5 Å². The molecule has 0 saturated carbocycles. The SMILES string of the molecule is CCCc1c(NC)ncnc1NC(C)c1sc(C)nc1C. The third-order valence-electron chi connectivity index (χ3n) is 3.37. The van der Waals surface area contributed by atoms with Crippen LogP contribution in [-0.4, -0.2) is 22.0 Å². The molecule has 5 nitrogen and oxygen atoms in total. The number of anilines is 2. The van der Waals surface area contributed by atoms with Crippen molar-refractivity contribution < 1.29 is 0 Å². The van der Waals surface area contributed by atoms with Gasteiger partial charge in [0.1, 0.15) is 18.0 Å². The molecule has 114 valence electrons. The molecule has 1 unspecified atom stereocenters. The molecule has 2 rings (SSSR count). The normalized spacial score (nSPS) is 12.2. The summed E-state index contributed by atoms with van der Waals surface area (Å²) in [4.78, 5) is 14.5. The summed E-state index contributed by atoms with van der Waals surface area (Å²) in [5.74, 6) is 1.81. The molecular formula is C15H23N5S. The maximum Gasteiger partial charge on any atom is 0.135 e. The third kappa shape index (κ3) is 3.50. The second-order valence-electron chi connectivity index (χ2n) is 5.10. The van der Waals surface area contributed by atoms with Crippen molar-refractivity contribution in [3.8, 4) is 0 Å². The molecule has 2 N–H and O–H groups in total. The van der Waals surface area contributed by atoms with Gasteiger partial charge in [0, 0.05) is 17.5 Å². The average Bonchev–Trinajstić information content (AvgIpc) is 2.80. The average molecular weight is 305 g/mol. The fourth-order valence-electron chi connectivity index (χ4n) is 2.46. The number of hydrogen-bond donors (Lipinski definition) is 2. The molecule has 2 heterocycles. The van der Waals surface area contributed by atoms with E-state index in [9.17, 15) is 0 Å². The van der Waals surface area contributed by atoms with E-state index in [1.807, 2.05) is 14.0 Å². The minimum atomic E-state index is 0.186. The van der Waals surface area contributed by atoms with Gasteiger partial charge in [-0.3, -0.25) is 0 Å². The van der Waals surface area contributed by atoms with Gasteiger partial charge in [-0.05, 0) is 27.2 Å². The predicted octanol–water partition coefficient (Wildman–Crippen LogP) is 3.72. The Kier molecular flexibility index (Phi) is 5.12. The highest BCUT2D eigenvalue weighted by Crippen LogP contribution is 2.29. The van der Waals surface area contributed by atoms with Crippen LogP contribution in [0.25, 0.3) is 0 Å². The second kappa shape index (κ2) is 6.85. The topological polar surface area (TPSA) is 62.7 Å². The lowest BCUT2D eigenvalue weighted by atomic mass is 10.1. The molecule has 2 aromatic heterocycles. The van der Waals surface area contributed by atoms with E-state index in [4.69, 9.17) is 0 Å². The summed E-state index contributed by atoms with van der Waals surface area (Å²) >= 11 is 1.74. The van der Waals surface area contributed by atoms with Crippen LogP contribution in [0.5, 0.6) is 0 Å². The largest absolute Gasteiger partial charge is 0.373 e. The number of hydrogen-bond acceptors (Lipinski definition) is 6. The van der Waals surface area contributed by atoms with Crippen molar-refractivity contribution in [1.82, 2.24) is 15.0 Å². The molecule has 0 fully saturated rings. The first-order valence-corrected chi connectivity index (χ1v) is 8.10. The van der Waals surface area contributed by atoms with Crippen LogP contribution in [0.3, 0.4) is 0 Å². The van der Waals surface area contributed by atoms with Gasteiger partial charge < -0.3 is 10.6 Å². The molecule has 0 amide bonds. The molecule has 21 heavy (non-hydrogen) atoms. The molecule has 2 aromatic rings. The first-order chi connectivity index (χ1) is 10.1. The van der Waals surface area contributed by atoms with Crippen LogP contribution < -0.4 is 10.6 Å². The molecule has 0 aliphatic heterocycles. The maximum atomic E-state index is 4.50. The fourth-order valence-corrected chi connectivity index (χ4v) is 3.39. The van der Waals surface area contributed by atoms with E-state index in [1.165, 1.54) is 4.88 Å². The predicted molar refractivity (Wildman–Crippen MR) is 89.2 cm³/mol. The Bertz CT molecular complexity index is 608. The monoisotopic (exact) mass is 305 g/mol. The summed E-state index contributed by atoms with van der Waals surface area (Å²) in [6.07, 6.45) is 3.61. The Labute approximate surface area is 130 Å². The van der Waals surface area contributed by atoms with Gasteiger partial charge in [0.15, 0.2) is 0 Å². The molecule has 0 aliphatic carbocycles. The first-order valence-electron chi connectivity index (χ1n) is 7.28. The van der Waals surface area contributed by atoms with Crippen molar-refractivity contribution in [2.24, 2.45) is 0 Å². The maximum absolute atomic E-state index is 4.50. The van der Waals surface area contributed by atoms with Crippen LogP contribution in [0, 0.1) is 13.8 Å². The lowest BCUT2D eigenvalue weighted by Gasteiger charge is -2.18. The molecule has 6 heteroatoms. The summed E-state index contributed by atoms with van der Waals surface area (Å²) in [7, 11) is 1.89. The lowest BCUT2D eigenvalue weighted by Crippen LogP contribution is -2.12. The zero-order chi connectivity index (χ0) is 15.4. The van der Waals surface area contributed by atoms with Crippen molar-refractivity contribution >= 4 is 23.0 Å². The van der Waals surface area contributed by atoms with Gasteiger partial charge >= 0.3 is 0 Å². The highest BCUT2D eigenvalue weighted by atomic mass is 32.1. The molecule has 0 saturated heterocycles. The van der Waals surface area contributed by atoms with E-state index in [0.717, 1.165) is 40.7 Å². The van der Waals surface area contributed by atoms with Gasteiger partial charge in [0.2, 0.25) is 0 Å². The van der Waals surface area contributed by atoms with Crippen molar-refractivity contribution in [3.63, 3.8) is 0 Å². The summed E-state index contributed by atoms with van der Waals surface area (Å²) in [5.41, 5.74) is 2.24.